The molecule has 0 aliphatic heterocycles. The Hall–Kier alpha value is -1.74. The van der Waals surface area contributed by atoms with Crippen molar-refractivity contribution in [3.8, 4) is 0 Å². The first-order valence-electron chi connectivity index (χ1n) is 5.75. The molecule has 0 saturated carbocycles. The van der Waals surface area contributed by atoms with Crippen LogP contribution in [0.4, 0.5) is 11.5 Å². The van der Waals surface area contributed by atoms with Crippen LogP contribution in [0.1, 0.15) is 11.3 Å². The van der Waals surface area contributed by atoms with E-state index in [-0.39, 0.29) is 0 Å². The predicted molar refractivity (Wildman–Crippen MR) is 76.9 cm³/mol. The summed E-state index contributed by atoms with van der Waals surface area (Å²) in [6.07, 6.45) is 0. The summed E-state index contributed by atoms with van der Waals surface area (Å²) in [6.45, 7) is 2.70. The Morgan fingerprint density at radius 2 is 1.83 bits per heavy atom. The molecule has 3 nitrogen and oxygen atoms in total. The maximum atomic E-state index is 5.86. The maximum absolute atomic E-state index is 5.86. The second-order valence-corrected chi connectivity index (χ2v) is 4.76. The van der Waals surface area contributed by atoms with Gasteiger partial charge in [-0.15, -0.1) is 0 Å². The van der Waals surface area contributed by atoms with Gasteiger partial charge < -0.3 is 10.6 Å². The molecule has 0 fully saturated rings. The second-order valence-electron chi connectivity index (χ2n) is 4.33. The topological polar surface area (TPSA) is 42.2 Å². The first-order chi connectivity index (χ1) is 8.56. The summed E-state index contributed by atoms with van der Waals surface area (Å²) in [7, 11) is 2.01. The lowest BCUT2D eigenvalue weighted by atomic mass is 10.2. The van der Waals surface area contributed by atoms with Crippen LogP contribution in [0.3, 0.4) is 0 Å². The van der Waals surface area contributed by atoms with E-state index >= 15 is 0 Å². The predicted octanol–water partition coefficient (Wildman–Crippen LogP) is 3.26. The van der Waals surface area contributed by atoms with E-state index in [0.29, 0.717) is 0 Å². The molecule has 0 aliphatic rings. The Bertz CT molecular complexity index is 537. The average Bonchev–Trinajstić information content (AvgIpc) is 2.35. The number of aromatic nitrogens is 1. The summed E-state index contributed by atoms with van der Waals surface area (Å²) in [5, 5.41) is 0.753. The SMILES string of the molecule is Cc1nc(N(C)Cc2ccc(Cl)cc2)ccc1N. The minimum Gasteiger partial charge on any atom is -0.397 e. The van der Waals surface area contributed by atoms with Gasteiger partial charge in [-0.2, -0.15) is 0 Å². The molecule has 2 N–H and O–H groups in total. The van der Waals surface area contributed by atoms with Crippen molar-refractivity contribution in [2.75, 3.05) is 17.7 Å². The van der Waals surface area contributed by atoms with E-state index in [1.54, 1.807) is 0 Å². The highest BCUT2D eigenvalue weighted by Gasteiger charge is 2.05. The molecular weight excluding hydrogens is 246 g/mol. The fourth-order valence-electron chi connectivity index (χ4n) is 1.72. The van der Waals surface area contributed by atoms with Crippen molar-refractivity contribution in [2.45, 2.75) is 13.5 Å². The molecule has 1 aromatic heterocycles. The van der Waals surface area contributed by atoms with Gasteiger partial charge in [-0.25, -0.2) is 4.98 Å². The average molecular weight is 262 g/mol. The lowest BCUT2D eigenvalue weighted by Gasteiger charge is -2.19. The van der Waals surface area contributed by atoms with Crippen LogP contribution < -0.4 is 10.6 Å². The Labute approximate surface area is 112 Å². The number of nitrogen functional groups attached to an aromatic ring is 1. The lowest BCUT2D eigenvalue weighted by Crippen LogP contribution is -2.18. The van der Waals surface area contributed by atoms with Crippen molar-refractivity contribution in [3.05, 3.63) is 52.7 Å². The van der Waals surface area contributed by atoms with Gasteiger partial charge in [0.1, 0.15) is 5.82 Å². The van der Waals surface area contributed by atoms with Crippen LogP contribution in [0.5, 0.6) is 0 Å². The number of hydrogen-bond donors (Lipinski definition) is 1. The van der Waals surface area contributed by atoms with Gasteiger partial charge in [0.15, 0.2) is 0 Å². The molecule has 0 spiro atoms. The Morgan fingerprint density at radius 3 is 2.44 bits per heavy atom. The maximum Gasteiger partial charge on any atom is 0.128 e. The van der Waals surface area contributed by atoms with Gasteiger partial charge in [-0.1, -0.05) is 23.7 Å². The van der Waals surface area contributed by atoms with Gasteiger partial charge in [0.25, 0.3) is 0 Å². The van der Waals surface area contributed by atoms with E-state index in [0.717, 1.165) is 28.8 Å². The van der Waals surface area contributed by atoms with Crippen LogP contribution in [0.25, 0.3) is 0 Å². The zero-order chi connectivity index (χ0) is 13.1. The van der Waals surface area contributed by atoms with Crippen LogP contribution >= 0.6 is 11.6 Å². The third-order valence-corrected chi connectivity index (χ3v) is 3.09. The number of hydrogen-bond acceptors (Lipinski definition) is 3. The minimum atomic E-state index is 0.721. The van der Waals surface area contributed by atoms with Gasteiger partial charge >= 0.3 is 0 Å². The van der Waals surface area contributed by atoms with E-state index in [4.69, 9.17) is 17.3 Å². The van der Waals surface area contributed by atoms with Crippen molar-refractivity contribution in [1.29, 1.82) is 0 Å². The summed E-state index contributed by atoms with van der Waals surface area (Å²) in [6, 6.07) is 11.6. The van der Waals surface area contributed by atoms with E-state index in [1.807, 2.05) is 50.4 Å². The van der Waals surface area contributed by atoms with E-state index < -0.39 is 0 Å². The summed E-state index contributed by atoms with van der Waals surface area (Å²) in [5.41, 5.74) is 8.53. The van der Waals surface area contributed by atoms with Crippen LogP contribution in [0.15, 0.2) is 36.4 Å². The monoisotopic (exact) mass is 261 g/mol. The second kappa shape index (κ2) is 5.27. The Balaban J connectivity index is 2.13. The number of pyridine rings is 1. The van der Waals surface area contributed by atoms with Crippen LogP contribution in [0.2, 0.25) is 5.02 Å². The highest BCUT2D eigenvalue weighted by molar-refractivity contribution is 6.30. The number of anilines is 2. The molecule has 18 heavy (non-hydrogen) atoms. The molecule has 0 amide bonds. The molecule has 0 aliphatic carbocycles. The fraction of sp³-hybridized carbons (Fsp3) is 0.214. The number of nitrogens with zero attached hydrogens (tertiary/aromatic N) is 2. The number of benzene rings is 1. The van der Waals surface area contributed by atoms with Crippen molar-refractivity contribution in [3.63, 3.8) is 0 Å². The molecular formula is C14H16ClN3. The van der Waals surface area contributed by atoms with Crippen LogP contribution in [-0.2, 0) is 6.54 Å². The normalized spacial score (nSPS) is 10.4. The zero-order valence-corrected chi connectivity index (χ0v) is 11.3. The molecule has 1 heterocycles. The van der Waals surface area contributed by atoms with Gasteiger partial charge in [-0.05, 0) is 36.8 Å². The van der Waals surface area contributed by atoms with Gasteiger partial charge in [0.05, 0.1) is 11.4 Å². The number of halogens is 1. The quantitative estimate of drug-likeness (QED) is 0.922. The molecule has 2 rings (SSSR count). The van der Waals surface area contributed by atoms with E-state index in [2.05, 4.69) is 9.88 Å². The van der Waals surface area contributed by atoms with Crippen LogP contribution in [-0.4, -0.2) is 12.0 Å². The van der Waals surface area contributed by atoms with Crippen LogP contribution in [0, 0.1) is 6.92 Å². The number of rotatable bonds is 3. The summed E-state index contributed by atoms with van der Waals surface area (Å²) in [4.78, 5) is 6.54. The molecule has 0 radical (unpaired) electrons. The highest BCUT2D eigenvalue weighted by atomic mass is 35.5. The number of nitrogens with two attached hydrogens (primary N) is 1. The van der Waals surface area contributed by atoms with Gasteiger partial charge in [0.2, 0.25) is 0 Å². The van der Waals surface area contributed by atoms with E-state index in [9.17, 15) is 0 Å². The molecule has 2 aromatic rings. The van der Waals surface area contributed by atoms with Crippen molar-refractivity contribution >= 4 is 23.1 Å². The van der Waals surface area contributed by atoms with Crippen molar-refractivity contribution in [2.24, 2.45) is 0 Å². The summed E-state index contributed by atoms with van der Waals surface area (Å²) >= 11 is 5.86. The number of aryl methyl sites for hydroxylation is 1. The van der Waals surface area contributed by atoms with Gasteiger partial charge in [0, 0.05) is 18.6 Å². The molecule has 94 valence electrons. The Kier molecular flexibility index (Phi) is 3.72. The fourth-order valence-corrected chi connectivity index (χ4v) is 1.84. The Morgan fingerprint density at radius 1 is 1.17 bits per heavy atom. The van der Waals surface area contributed by atoms with Crippen molar-refractivity contribution < 1.29 is 0 Å². The summed E-state index contributed by atoms with van der Waals surface area (Å²) in [5.74, 6) is 0.914. The molecule has 0 bridgehead atoms. The molecule has 0 unspecified atom stereocenters. The largest absolute Gasteiger partial charge is 0.397 e. The standard InChI is InChI=1S/C14H16ClN3/c1-10-13(16)7-8-14(17-10)18(2)9-11-3-5-12(15)6-4-11/h3-8H,9,16H2,1-2H3. The third kappa shape index (κ3) is 2.93. The van der Waals surface area contributed by atoms with E-state index in [1.165, 1.54) is 5.56 Å². The smallest absolute Gasteiger partial charge is 0.128 e. The molecule has 4 heteroatoms. The minimum absolute atomic E-state index is 0.721. The first-order valence-corrected chi connectivity index (χ1v) is 6.13. The highest BCUT2D eigenvalue weighted by Crippen LogP contribution is 2.17. The molecule has 0 atom stereocenters. The third-order valence-electron chi connectivity index (χ3n) is 2.84. The van der Waals surface area contributed by atoms with Crippen molar-refractivity contribution in [1.82, 2.24) is 4.98 Å². The lowest BCUT2D eigenvalue weighted by molar-refractivity contribution is 0.893. The molecule has 1 aromatic carbocycles. The molecule has 0 saturated heterocycles. The zero-order valence-electron chi connectivity index (χ0n) is 10.5. The van der Waals surface area contributed by atoms with Gasteiger partial charge in [-0.3, -0.25) is 0 Å². The summed E-state index contributed by atoms with van der Waals surface area (Å²) < 4.78 is 0. The first kappa shape index (κ1) is 12.7.